The first-order valence-corrected chi connectivity index (χ1v) is 5.27. The zero-order valence-corrected chi connectivity index (χ0v) is 9.23. The van der Waals surface area contributed by atoms with Crippen LogP contribution in [-0.2, 0) is 13.2 Å². The van der Waals surface area contributed by atoms with E-state index in [1.54, 1.807) is 6.26 Å². The van der Waals surface area contributed by atoms with Gasteiger partial charge in [-0.3, -0.25) is 0 Å². The Morgan fingerprint density at radius 3 is 2.75 bits per heavy atom. The van der Waals surface area contributed by atoms with Crippen LogP contribution in [0.3, 0.4) is 0 Å². The Kier molecular flexibility index (Phi) is 3.27. The Labute approximate surface area is 94.7 Å². The standard InChI is InChI=1S/C13H15NO2/c1-10-6-7-16-13(10)8-14-12-5-3-2-4-11(12)9-15/h2-7,14-15H,8-9H2,1H3. The first-order chi connectivity index (χ1) is 7.81. The largest absolute Gasteiger partial charge is 0.467 e. The lowest BCUT2D eigenvalue weighted by Crippen LogP contribution is -2.02. The van der Waals surface area contributed by atoms with Crippen LogP contribution in [0.2, 0.25) is 0 Å². The van der Waals surface area contributed by atoms with Crippen molar-refractivity contribution in [1.29, 1.82) is 0 Å². The van der Waals surface area contributed by atoms with E-state index in [-0.39, 0.29) is 6.61 Å². The Morgan fingerprint density at radius 1 is 1.25 bits per heavy atom. The van der Waals surface area contributed by atoms with E-state index in [4.69, 9.17) is 9.52 Å². The van der Waals surface area contributed by atoms with Crippen LogP contribution in [0.5, 0.6) is 0 Å². The Morgan fingerprint density at radius 2 is 2.06 bits per heavy atom. The van der Waals surface area contributed by atoms with Crippen LogP contribution >= 0.6 is 0 Å². The average molecular weight is 217 g/mol. The fraction of sp³-hybridized carbons (Fsp3) is 0.231. The first-order valence-electron chi connectivity index (χ1n) is 5.27. The third-order valence-corrected chi connectivity index (χ3v) is 2.60. The number of rotatable bonds is 4. The molecule has 3 heteroatoms. The number of hydrogen-bond acceptors (Lipinski definition) is 3. The van der Waals surface area contributed by atoms with E-state index >= 15 is 0 Å². The lowest BCUT2D eigenvalue weighted by atomic mass is 10.2. The molecule has 0 aliphatic carbocycles. The van der Waals surface area contributed by atoms with Crippen molar-refractivity contribution in [2.45, 2.75) is 20.1 Å². The minimum Gasteiger partial charge on any atom is -0.467 e. The van der Waals surface area contributed by atoms with Gasteiger partial charge in [0.15, 0.2) is 0 Å². The van der Waals surface area contributed by atoms with Gasteiger partial charge in [-0.25, -0.2) is 0 Å². The van der Waals surface area contributed by atoms with Gasteiger partial charge in [-0.2, -0.15) is 0 Å². The van der Waals surface area contributed by atoms with E-state index in [2.05, 4.69) is 5.32 Å². The van der Waals surface area contributed by atoms with Gasteiger partial charge in [-0.05, 0) is 24.6 Å². The highest BCUT2D eigenvalue weighted by Gasteiger charge is 2.03. The molecule has 0 spiro atoms. The molecule has 2 rings (SSSR count). The molecule has 3 nitrogen and oxygen atoms in total. The number of aliphatic hydroxyl groups excluding tert-OH is 1. The van der Waals surface area contributed by atoms with E-state index in [9.17, 15) is 0 Å². The summed E-state index contributed by atoms with van der Waals surface area (Å²) in [7, 11) is 0. The number of nitrogens with one attached hydrogen (secondary N) is 1. The van der Waals surface area contributed by atoms with Gasteiger partial charge in [-0.1, -0.05) is 18.2 Å². The highest BCUT2D eigenvalue weighted by atomic mass is 16.3. The molecule has 0 aliphatic rings. The SMILES string of the molecule is Cc1ccoc1CNc1ccccc1CO. The topological polar surface area (TPSA) is 45.4 Å². The van der Waals surface area contributed by atoms with Crippen LogP contribution in [0.25, 0.3) is 0 Å². The molecule has 2 N–H and O–H groups in total. The summed E-state index contributed by atoms with van der Waals surface area (Å²) in [6, 6.07) is 9.64. The van der Waals surface area contributed by atoms with Gasteiger partial charge in [0, 0.05) is 11.3 Å². The molecule has 0 radical (unpaired) electrons. The quantitative estimate of drug-likeness (QED) is 0.827. The number of furan rings is 1. The van der Waals surface area contributed by atoms with Crippen molar-refractivity contribution in [3.05, 3.63) is 53.5 Å². The predicted molar refractivity (Wildman–Crippen MR) is 63.1 cm³/mol. The van der Waals surface area contributed by atoms with Crippen LogP contribution in [0.1, 0.15) is 16.9 Å². The van der Waals surface area contributed by atoms with Crippen molar-refractivity contribution >= 4 is 5.69 Å². The van der Waals surface area contributed by atoms with Gasteiger partial charge in [0.2, 0.25) is 0 Å². The lowest BCUT2D eigenvalue weighted by molar-refractivity contribution is 0.282. The summed E-state index contributed by atoms with van der Waals surface area (Å²) in [4.78, 5) is 0. The molecule has 16 heavy (non-hydrogen) atoms. The number of benzene rings is 1. The van der Waals surface area contributed by atoms with Crippen molar-refractivity contribution in [1.82, 2.24) is 0 Å². The van der Waals surface area contributed by atoms with Gasteiger partial charge >= 0.3 is 0 Å². The van der Waals surface area contributed by atoms with Gasteiger partial charge in [0.1, 0.15) is 5.76 Å². The van der Waals surface area contributed by atoms with Gasteiger partial charge in [0.05, 0.1) is 19.4 Å². The van der Waals surface area contributed by atoms with E-state index in [0.717, 1.165) is 22.6 Å². The molecule has 1 heterocycles. The molecule has 0 aliphatic heterocycles. The van der Waals surface area contributed by atoms with Crippen molar-refractivity contribution < 1.29 is 9.52 Å². The maximum atomic E-state index is 9.17. The molecule has 0 unspecified atom stereocenters. The van der Waals surface area contributed by atoms with Crippen LogP contribution in [0.4, 0.5) is 5.69 Å². The molecular weight excluding hydrogens is 202 g/mol. The van der Waals surface area contributed by atoms with Crippen molar-refractivity contribution in [2.75, 3.05) is 5.32 Å². The minimum atomic E-state index is 0.0420. The highest BCUT2D eigenvalue weighted by Crippen LogP contribution is 2.17. The van der Waals surface area contributed by atoms with Crippen molar-refractivity contribution in [2.24, 2.45) is 0 Å². The van der Waals surface area contributed by atoms with Gasteiger partial charge < -0.3 is 14.8 Å². The second-order valence-corrected chi connectivity index (χ2v) is 3.70. The normalized spacial score (nSPS) is 10.4. The van der Waals surface area contributed by atoms with E-state index in [1.165, 1.54) is 0 Å². The summed E-state index contributed by atoms with van der Waals surface area (Å²) in [5.74, 6) is 0.924. The predicted octanol–water partition coefficient (Wildman–Crippen LogP) is 2.69. The molecule has 1 aromatic carbocycles. The van der Waals surface area contributed by atoms with Crippen LogP contribution in [-0.4, -0.2) is 5.11 Å². The summed E-state index contributed by atoms with van der Waals surface area (Å²) in [5.41, 5.74) is 2.97. The number of para-hydroxylation sites is 1. The van der Waals surface area contributed by atoms with Crippen molar-refractivity contribution in [3.63, 3.8) is 0 Å². The van der Waals surface area contributed by atoms with Gasteiger partial charge in [0.25, 0.3) is 0 Å². The van der Waals surface area contributed by atoms with E-state index < -0.39 is 0 Å². The summed E-state index contributed by atoms with van der Waals surface area (Å²) in [5, 5.41) is 12.4. The second-order valence-electron chi connectivity index (χ2n) is 3.70. The fourth-order valence-corrected chi connectivity index (χ4v) is 1.59. The molecular formula is C13H15NO2. The van der Waals surface area contributed by atoms with Crippen molar-refractivity contribution in [3.8, 4) is 0 Å². The average Bonchev–Trinajstić information content (AvgIpc) is 2.72. The Balaban J connectivity index is 2.07. The lowest BCUT2D eigenvalue weighted by Gasteiger charge is -2.09. The number of aryl methyl sites for hydroxylation is 1. The molecule has 0 saturated heterocycles. The number of aliphatic hydroxyl groups is 1. The molecule has 0 amide bonds. The summed E-state index contributed by atoms with van der Waals surface area (Å²) in [6.45, 7) is 2.69. The summed E-state index contributed by atoms with van der Waals surface area (Å²) < 4.78 is 5.33. The number of anilines is 1. The monoisotopic (exact) mass is 217 g/mol. The van der Waals surface area contributed by atoms with Gasteiger partial charge in [-0.15, -0.1) is 0 Å². The van der Waals surface area contributed by atoms with E-state index in [0.29, 0.717) is 6.54 Å². The third-order valence-electron chi connectivity index (χ3n) is 2.60. The third kappa shape index (κ3) is 2.25. The van der Waals surface area contributed by atoms with Crippen LogP contribution in [0.15, 0.2) is 41.0 Å². The zero-order valence-electron chi connectivity index (χ0n) is 9.23. The molecule has 1 aromatic heterocycles. The fourth-order valence-electron chi connectivity index (χ4n) is 1.59. The molecule has 2 aromatic rings. The van der Waals surface area contributed by atoms with E-state index in [1.807, 2.05) is 37.3 Å². The Hall–Kier alpha value is -1.74. The summed E-state index contributed by atoms with van der Waals surface area (Å²) >= 11 is 0. The molecule has 0 atom stereocenters. The summed E-state index contributed by atoms with van der Waals surface area (Å²) in [6.07, 6.45) is 1.68. The van der Waals surface area contributed by atoms with Crippen LogP contribution in [0, 0.1) is 6.92 Å². The first kappa shape index (κ1) is 10.8. The van der Waals surface area contributed by atoms with Crippen LogP contribution < -0.4 is 5.32 Å². The molecule has 0 saturated carbocycles. The number of hydrogen-bond donors (Lipinski definition) is 2. The molecule has 84 valence electrons. The zero-order chi connectivity index (χ0) is 11.4. The molecule has 0 bridgehead atoms. The smallest absolute Gasteiger partial charge is 0.125 e. The Bertz CT molecular complexity index is 462. The second kappa shape index (κ2) is 4.86. The molecule has 0 fully saturated rings. The minimum absolute atomic E-state index is 0.0420. The maximum absolute atomic E-state index is 9.17. The maximum Gasteiger partial charge on any atom is 0.125 e. The highest BCUT2D eigenvalue weighted by molar-refractivity contribution is 5.50.